The first-order chi connectivity index (χ1) is 22.5. The standard InChI is InChI=1S/C32H30Cl2FN7O5/c1-41-31(45)28(40-42(2)32(41)46)29(44)38-21-6-4-5-18(26(21)33)25-19(35)10-9-17(27(25)34)22-13-15-7-11-20(24(15)30(39-22)47-3)36-14-16-8-12-23(43)37-16/h4-6,9-10,13,16,20,36H,7-8,11-12,14H2,1-3H3,(H,37,43)(H,38,44). The summed E-state index contributed by atoms with van der Waals surface area (Å²) in [6.07, 6.45) is 2.89. The van der Waals surface area contributed by atoms with Gasteiger partial charge in [-0.2, -0.15) is 5.10 Å². The van der Waals surface area contributed by atoms with Gasteiger partial charge in [-0.3, -0.25) is 19.0 Å². The van der Waals surface area contributed by atoms with Crippen molar-refractivity contribution in [3.05, 3.63) is 89.9 Å². The molecule has 47 heavy (non-hydrogen) atoms. The molecule has 0 bridgehead atoms. The quantitative estimate of drug-likeness (QED) is 0.255. The number of aromatic nitrogens is 4. The Morgan fingerprint density at radius 2 is 1.87 bits per heavy atom. The first kappa shape index (κ1) is 32.4. The van der Waals surface area contributed by atoms with Gasteiger partial charge in [-0.1, -0.05) is 35.3 Å². The molecule has 2 unspecified atom stereocenters. The fraction of sp³-hybridized carbons (Fsp3) is 0.312. The first-order valence-corrected chi connectivity index (χ1v) is 15.6. The van der Waals surface area contributed by atoms with Gasteiger partial charge in [0.1, 0.15) is 5.82 Å². The number of ether oxygens (including phenoxy) is 1. The Kier molecular flexibility index (Phi) is 8.88. The number of aryl methyl sites for hydroxylation is 2. The van der Waals surface area contributed by atoms with Gasteiger partial charge < -0.3 is 20.7 Å². The minimum absolute atomic E-state index is 0.00818. The van der Waals surface area contributed by atoms with Crippen molar-refractivity contribution in [1.29, 1.82) is 0 Å². The number of halogens is 3. The van der Waals surface area contributed by atoms with Crippen LogP contribution in [0.1, 0.15) is 46.9 Å². The predicted molar refractivity (Wildman–Crippen MR) is 175 cm³/mol. The molecule has 2 amide bonds. The van der Waals surface area contributed by atoms with Gasteiger partial charge >= 0.3 is 5.69 Å². The van der Waals surface area contributed by atoms with Crippen LogP contribution in [0.25, 0.3) is 22.4 Å². The van der Waals surface area contributed by atoms with Crippen molar-refractivity contribution in [2.45, 2.75) is 37.8 Å². The lowest BCUT2D eigenvalue weighted by Gasteiger charge is -2.20. The normalized spacial score (nSPS) is 17.0. The van der Waals surface area contributed by atoms with E-state index in [0.29, 0.717) is 30.1 Å². The summed E-state index contributed by atoms with van der Waals surface area (Å²) in [6, 6.07) is 9.36. The number of nitrogens with zero attached hydrogens (tertiary/aromatic N) is 4. The van der Waals surface area contributed by atoms with Crippen molar-refractivity contribution < 1.29 is 18.7 Å². The van der Waals surface area contributed by atoms with Crippen molar-refractivity contribution in [3.63, 3.8) is 0 Å². The highest BCUT2D eigenvalue weighted by Gasteiger charge is 2.31. The number of carbonyl (C=O) groups excluding carboxylic acids is 2. The summed E-state index contributed by atoms with van der Waals surface area (Å²) in [6.45, 7) is 0.631. The van der Waals surface area contributed by atoms with E-state index < -0.39 is 28.7 Å². The van der Waals surface area contributed by atoms with Crippen molar-refractivity contribution in [2.75, 3.05) is 19.0 Å². The molecule has 2 atom stereocenters. The van der Waals surface area contributed by atoms with Crippen molar-refractivity contribution >= 4 is 40.7 Å². The number of carbonyl (C=O) groups is 2. The number of benzene rings is 2. The Morgan fingerprint density at radius 3 is 2.60 bits per heavy atom. The zero-order valence-electron chi connectivity index (χ0n) is 25.6. The summed E-state index contributed by atoms with van der Waals surface area (Å²) in [5, 5.41) is 12.8. The predicted octanol–water partition coefficient (Wildman–Crippen LogP) is 3.77. The van der Waals surface area contributed by atoms with Crippen LogP contribution >= 0.6 is 23.2 Å². The molecule has 0 spiro atoms. The smallest absolute Gasteiger partial charge is 0.346 e. The van der Waals surface area contributed by atoms with Crippen LogP contribution in [0.5, 0.6) is 5.88 Å². The zero-order valence-corrected chi connectivity index (χ0v) is 27.1. The molecule has 1 aliphatic carbocycles. The van der Waals surface area contributed by atoms with Gasteiger partial charge in [0.05, 0.1) is 28.5 Å². The van der Waals surface area contributed by atoms with E-state index in [-0.39, 0.29) is 44.9 Å². The summed E-state index contributed by atoms with van der Waals surface area (Å²) >= 11 is 13.6. The van der Waals surface area contributed by atoms with E-state index in [2.05, 4.69) is 21.0 Å². The highest BCUT2D eigenvalue weighted by atomic mass is 35.5. The van der Waals surface area contributed by atoms with Crippen LogP contribution in [0.3, 0.4) is 0 Å². The maximum absolute atomic E-state index is 15.5. The van der Waals surface area contributed by atoms with Crippen LogP contribution in [0.2, 0.25) is 10.0 Å². The number of pyridine rings is 1. The van der Waals surface area contributed by atoms with Gasteiger partial charge in [-0.05, 0) is 49.1 Å². The SMILES string of the molecule is COc1nc(-c2ccc(F)c(-c3cccc(NC(=O)c4nn(C)c(=O)n(C)c4=O)c3Cl)c2Cl)cc2c1C(NCC1CCC(=O)N1)CC2. The summed E-state index contributed by atoms with van der Waals surface area (Å²) in [4.78, 5) is 53.9. The molecule has 3 heterocycles. The molecule has 4 aromatic rings. The molecule has 2 aliphatic rings. The fourth-order valence-corrected chi connectivity index (χ4v) is 6.68. The second-order valence-corrected chi connectivity index (χ2v) is 12.2. The molecule has 6 rings (SSSR count). The van der Waals surface area contributed by atoms with Crippen LogP contribution in [-0.4, -0.2) is 50.8 Å². The first-order valence-electron chi connectivity index (χ1n) is 14.8. The molecule has 2 aromatic carbocycles. The summed E-state index contributed by atoms with van der Waals surface area (Å²) in [5.74, 6) is -1.08. The Morgan fingerprint density at radius 1 is 1.09 bits per heavy atom. The number of anilines is 1. The Balaban J connectivity index is 1.32. The van der Waals surface area contributed by atoms with Crippen LogP contribution in [0, 0.1) is 5.82 Å². The van der Waals surface area contributed by atoms with E-state index in [0.717, 1.165) is 39.6 Å². The largest absolute Gasteiger partial charge is 0.481 e. The van der Waals surface area contributed by atoms with Gasteiger partial charge in [0.2, 0.25) is 17.5 Å². The Labute approximate surface area is 277 Å². The molecule has 1 aliphatic heterocycles. The number of amides is 2. The molecule has 0 saturated carbocycles. The highest BCUT2D eigenvalue weighted by molar-refractivity contribution is 6.39. The molecule has 1 saturated heterocycles. The van der Waals surface area contributed by atoms with Crippen LogP contribution in [-0.2, 0) is 25.3 Å². The number of hydrogen-bond donors (Lipinski definition) is 3. The van der Waals surface area contributed by atoms with Gasteiger partial charge in [-0.25, -0.2) is 18.9 Å². The number of methoxy groups -OCH3 is 1. The third-order valence-electron chi connectivity index (χ3n) is 8.47. The summed E-state index contributed by atoms with van der Waals surface area (Å²) < 4.78 is 22.8. The average Bonchev–Trinajstić information content (AvgIpc) is 3.67. The Bertz CT molecular complexity index is 2070. The number of hydrogen-bond acceptors (Lipinski definition) is 8. The zero-order chi connectivity index (χ0) is 33.6. The molecular weight excluding hydrogens is 652 g/mol. The minimum atomic E-state index is -0.907. The second kappa shape index (κ2) is 12.9. The van der Waals surface area contributed by atoms with E-state index in [9.17, 15) is 19.2 Å². The third-order valence-corrected chi connectivity index (χ3v) is 9.27. The number of nitrogens with one attached hydrogen (secondary N) is 3. The number of rotatable bonds is 8. The molecule has 0 radical (unpaired) electrons. The van der Waals surface area contributed by atoms with E-state index in [1.807, 2.05) is 6.07 Å². The van der Waals surface area contributed by atoms with Crippen molar-refractivity contribution in [1.82, 2.24) is 30.0 Å². The lowest BCUT2D eigenvalue weighted by molar-refractivity contribution is -0.119. The fourth-order valence-electron chi connectivity index (χ4n) is 6.06. The molecule has 244 valence electrons. The van der Waals surface area contributed by atoms with Crippen LogP contribution < -0.4 is 31.9 Å². The van der Waals surface area contributed by atoms with E-state index in [1.165, 1.54) is 39.4 Å². The summed E-state index contributed by atoms with van der Waals surface area (Å²) in [7, 11) is 4.08. The van der Waals surface area contributed by atoms with Gasteiger partial charge in [0, 0.05) is 61.4 Å². The van der Waals surface area contributed by atoms with Gasteiger partial charge in [-0.15, -0.1) is 0 Å². The third kappa shape index (κ3) is 6.01. The van der Waals surface area contributed by atoms with Crippen molar-refractivity contribution in [2.24, 2.45) is 14.1 Å². The molecular formula is C32H30Cl2FN7O5. The van der Waals surface area contributed by atoms with Crippen LogP contribution in [0.15, 0.2) is 46.0 Å². The molecule has 2 aromatic heterocycles. The molecule has 1 fully saturated rings. The average molecular weight is 683 g/mol. The van der Waals surface area contributed by atoms with E-state index in [1.54, 1.807) is 12.1 Å². The highest BCUT2D eigenvalue weighted by Crippen LogP contribution is 2.45. The summed E-state index contributed by atoms with van der Waals surface area (Å²) in [5.41, 5.74) is 1.01. The Hall–Kier alpha value is -4.59. The number of fused-ring (bicyclic) bond motifs is 1. The monoisotopic (exact) mass is 681 g/mol. The van der Waals surface area contributed by atoms with Crippen LogP contribution in [0.4, 0.5) is 10.1 Å². The van der Waals surface area contributed by atoms with Gasteiger partial charge in [0.15, 0.2) is 0 Å². The lowest BCUT2D eigenvalue weighted by atomic mass is 9.98. The maximum atomic E-state index is 15.5. The topological polar surface area (TPSA) is 149 Å². The molecule has 3 N–H and O–H groups in total. The van der Waals surface area contributed by atoms with E-state index in [4.69, 9.17) is 32.9 Å². The lowest BCUT2D eigenvalue weighted by Crippen LogP contribution is -2.43. The molecule has 12 nitrogen and oxygen atoms in total. The maximum Gasteiger partial charge on any atom is 0.346 e. The molecule has 15 heteroatoms. The minimum Gasteiger partial charge on any atom is -0.481 e. The van der Waals surface area contributed by atoms with Gasteiger partial charge in [0.25, 0.3) is 11.5 Å². The van der Waals surface area contributed by atoms with E-state index >= 15 is 4.39 Å². The van der Waals surface area contributed by atoms with Crippen molar-refractivity contribution in [3.8, 4) is 28.3 Å². The second-order valence-electron chi connectivity index (χ2n) is 11.4.